The number of aromatic nitrogens is 1. The fraction of sp³-hybridized carbons (Fsp3) is 0.353. The van der Waals surface area contributed by atoms with Gasteiger partial charge in [0.2, 0.25) is 10.0 Å². The zero-order chi connectivity index (χ0) is 18.2. The van der Waals surface area contributed by atoms with Gasteiger partial charge in [-0.15, -0.1) is 0 Å². The summed E-state index contributed by atoms with van der Waals surface area (Å²) in [6.45, 7) is 4.19. The largest absolute Gasteiger partial charge is 0.353 e. The van der Waals surface area contributed by atoms with Crippen LogP contribution in [0.15, 0.2) is 29.2 Å². The molecule has 2 aromatic rings. The number of nitrogens with one attached hydrogen (secondary N) is 2. The van der Waals surface area contributed by atoms with Gasteiger partial charge in [0.15, 0.2) is 0 Å². The Morgan fingerprint density at radius 3 is 2.48 bits per heavy atom. The molecule has 0 radical (unpaired) electrons. The number of amides is 1. The van der Waals surface area contributed by atoms with Crippen molar-refractivity contribution in [3.8, 4) is 0 Å². The molecular formula is C17H20FN3O3S. The Morgan fingerprint density at radius 1 is 1.20 bits per heavy atom. The molecule has 1 fully saturated rings. The number of nitrogens with zero attached hydrogens (tertiary/aromatic N) is 1. The zero-order valence-corrected chi connectivity index (χ0v) is 14.9. The van der Waals surface area contributed by atoms with Gasteiger partial charge in [0.1, 0.15) is 16.4 Å². The van der Waals surface area contributed by atoms with Crippen LogP contribution >= 0.6 is 0 Å². The summed E-state index contributed by atoms with van der Waals surface area (Å²) in [5.41, 5.74) is 0.919. The van der Waals surface area contributed by atoms with Gasteiger partial charge in [-0.1, -0.05) is 12.1 Å². The lowest BCUT2D eigenvalue weighted by Gasteiger charge is -2.16. The molecule has 1 aliphatic heterocycles. The summed E-state index contributed by atoms with van der Waals surface area (Å²) < 4.78 is 40.8. The summed E-state index contributed by atoms with van der Waals surface area (Å²) in [5, 5.41) is 2.48. The fourth-order valence-corrected chi connectivity index (χ4v) is 5.08. The lowest BCUT2D eigenvalue weighted by Crippen LogP contribution is -2.28. The maximum atomic E-state index is 13.7. The highest BCUT2D eigenvalue weighted by Gasteiger charge is 2.33. The number of sulfonamides is 1. The molecule has 0 unspecified atom stereocenters. The van der Waals surface area contributed by atoms with E-state index in [9.17, 15) is 17.6 Å². The van der Waals surface area contributed by atoms with Crippen LogP contribution < -0.4 is 5.32 Å². The molecule has 8 heteroatoms. The SMILES string of the molecule is Cc1[nH]c(C(=O)Nc2ccccc2F)c(C)c1S(=O)(=O)N1CCCC1. The molecule has 6 nitrogen and oxygen atoms in total. The lowest BCUT2D eigenvalue weighted by atomic mass is 10.2. The van der Waals surface area contributed by atoms with Crippen LogP contribution in [0.4, 0.5) is 10.1 Å². The molecule has 134 valence electrons. The van der Waals surface area contributed by atoms with E-state index < -0.39 is 21.7 Å². The summed E-state index contributed by atoms with van der Waals surface area (Å²) in [6.07, 6.45) is 1.67. The van der Waals surface area contributed by atoms with E-state index in [-0.39, 0.29) is 16.3 Å². The molecular weight excluding hydrogens is 345 g/mol. The van der Waals surface area contributed by atoms with E-state index in [2.05, 4.69) is 10.3 Å². The van der Waals surface area contributed by atoms with E-state index in [1.807, 2.05) is 0 Å². The van der Waals surface area contributed by atoms with Crippen LogP contribution in [0, 0.1) is 19.7 Å². The van der Waals surface area contributed by atoms with Crippen molar-refractivity contribution in [2.45, 2.75) is 31.6 Å². The molecule has 0 atom stereocenters. The topological polar surface area (TPSA) is 82.3 Å². The number of hydrogen-bond acceptors (Lipinski definition) is 3. The second-order valence-corrected chi connectivity index (χ2v) is 8.00. The van der Waals surface area contributed by atoms with Gasteiger partial charge >= 0.3 is 0 Å². The number of carbonyl (C=O) groups excluding carboxylic acids is 1. The van der Waals surface area contributed by atoms with Crippen LogP contribution in [0.1, 0.15) is 34.6 Å². The summed E-state index contributed by atoms with van der Waals surface area (Å²) in [7, 11) is -3.65. The first kappa shape index (κ1) is 17.6. The van der Waals surface area contributed by atoms with Gasteiger partial charge in [-0.2, -0.15) is 4.31 Å². The third kappa shape index (κ3) is 3.19. The molecule has 0 spiro atoms. The van der Waals surface area contributed by atoms with Gasteiger partial charge in [-0.25, -0.2) is 12.8 Å². The van der Waals surface area contributed by atoms with Crippen molar-refractivity contribution in [1.29, 1.82) is 0 Å². The number of H-pyrrole nitrogens is 1. The van der Waals surface area contributed by atoms with E-state index in [1.54, 1.807) is 19.9 Å². The Labute approximate surface area is 146 Å². The number of benzene rings is 1. The van der Waals surface area contributed by atoms with Crippen molar-refractivity contribution in [1.82, 2.24) is 9.29 Å². The molecule has 2 heterocycles. The Bertz CT molecular complexity index is 915. The predicted octanol–water partition coefficient (Wildman–Crippen LogP) is 2.81. The number of rotatable bonds is 4. The lowest BCUT2D eigenvalue weighted by molar-refractivity contribution is 0.102. The van der Waals surface area contributed by atoms with Crippen molar-refractivity contribution < 1.29 is 17.6 Å². The Hall–Kier alpha value is -2.19. The number of para-hydroxylation sites is 1. The van der Waals surface area contributed by atoms with Gasteiger partial charge in [-0.3, -0.25) is 4.79 Å². The number of carbonyl (C=O) groups is 1. The number of hydrogen-bond donors (Lipinski definition) is 2. The minimum atomic E-state index is -3.65. The van der Waals surface area contributed by atoms with E-state index in [0.717, 1.165) is 12.8 Å². The van der Waals surface area contributed by atoms with E-state index in [4.69, 9.17) is 0 Å². The maximum absolute atomic E-state index is 13.7. The van der Waals surface area contributed by atoms with Crippen LogP contribution in [-0.4, -0.2) is 36.7 Å². The Balaban J connectivity index is 1.94. The number of halogens is 1. The molecule has 1 aromatic heterocycles. The average Bonchev–Trinajstić information content (AvgIpc) is 3.18. The van der Waals surface area contributed by atoms with Gasteiger partial charge < -0.3 is 10.3 Å². The smallest absolute Gasteiger partial charge is 0.272 e. The molecule has 1 aliphatic rings. The molecule has 0 bridgehead atoms. The highest BCUT2D eigenvalue weighted by molar-refractivity contribution is 7.89. The molecule has 1 amide bonds. The van der Waals surface area contributed by atoms with E-state index in [1.165, 1.54) is 22.5 Å². The van der Waals surface area contributed by atoms with Crippen LogP contribution in [0.2, 0.25) is 0 Å². The summed E-state index contributed by atoms with van der Waals surface area (Å²) in [6, 6.07) is 5.82. The Kier molecular flexibility index (Phi) is 4.66. The summed E-state index contributed by atoms with van der Waals surface area (Å²) >= 11 is 0. The van der Waals surface area contributed by atoms with Crippen LogP contribution in [0.5, 0.6) is 0 Å². The number of aryl methyl sites for hydroxylation is 1. The minimum absolute atomic E-state index is 0.0445. The van der Waals surface area contributed by atoms with Crippen molar-refractivity contribution in [3.05, 3.63) is 47.0 Å². The van der Waals surface area contributed by atoms with Gasteiger partial charge in [-0.05, 0) is 44.4 Å². The van der Waals surface area contributed by atoms with Crippen LogP contribution in [-0.2, 0) is 10.0 Å². The molecule has 0 saturated carbocycles. The molecule has 3 rings (SSSR count). The zero-order valence-electron chi connectivity index (χ0n) is 14.1. The van der Waals surface area contributed by atoms with E-state index >= 15 is 0 Å². The second-order valence-electron chi connectivity index (χ2n) is 6.12. The third-order valence-corrected chi connectivity index (χ3v) is 6.55. The molecule has 0 aliphatic carbocycles. The highest BCUT2D eigenvalue weighted by atomic mass is 32.2. The second kappa shape index (κ2) is 6.61. The highest BCUT2D eigenvalue weighted by Crippen LogP contribution is 2.29. The first-order valence-electron chi connectivity index (χ1n) is 8.07. The normalized spacial score (nSPS) is 15.5. The van der Waals surface area contributed by atoms with Crippen molar-refractivity contribution in [2.24, 2.45) is 0 Å². The Morgan fingerprint density at radius 2 is 1.84 bits per heavy atom. The third-order valence-electron chi connectivity index (χ3n) is 4.38. The number of anilines is 1. The van der Waals surface area contributed by atoms with E-state index in [0.29, 0.717) is 24.3 Å². The van der Waals surface area contributed by atoms with Gasteiger partial charge in [0.25, 0.3) is 5.91 Å². The fourth-order valence-electron chi connectivity index (χ4n) is 3.15. The quantitative estimate of drug-likeness (QED) is 0.874. The number of aromatic amines is 1. The van der Waals surface area contributed by atoms with Crippen molar-refractivity contribution in [3.63, 3.8) is 0 Å². The summed E-state index contributed by atoms with van der Waals surface area (Å²) in [5.74, 6) is -1.13. The summed E-state index contributed by atoms with van der Waals surface area (Å²) in [4.78, 5) is 15.5. The average molecular weight is 365 g/mol. The molecule has 1 aromatic carbocycles. The van der Waals surface area contributed by atoms with Gasteiger partial charge in [0.05, 0.1) is 5.69 Å². The van der Waals surface area contributed by atoms with Crippen molar-refractivity contribution in [2.75, 3.05) is 18.4 Å². The first-order valence-corrected chi connectivity index (χ1v) is 9.51. The first-order chi connectivity index (χ1) is 11.8. The molecule has 1 saturated heterocycles. The van der Waals surface area contributed by atoms with Crippen LogP contribution in [0.25, 0.3) is 0 Å². The van der Waals surface area contributed by atoms with Gasteiger partial charge in [0, 0.05) is 18.8 Å². The molecule has 2 N–H and O–H groups in total. The maximum Gasteiger partial charge on any atom is 0.272 e. The minimum Gasteiger partial charge on any atom is -0.353 e. The monoisotopic (exact) mass is 365 g/mol. The standard InChI is InChI=1S/C17H20FN3O3S/c1-11-15(17(22)20-14-8-4-3-7-13(14)18)19-12(2)16(11)25(23,24)21-9-5-6-10-21/h3-4,7-8,19H,5-6,9-10H2,1-2H3,(H,20,22). The molecule has 25 heavy (non-hydrogen) atoms. The van der Waals surface area contributed by atoms with Crippen molar-refractivity contribution >= 4 is 21.6 Å². The van der Waals surface area contributed by atoms with Crippen LogP contribution in [0.3, 0.4) is 0 Å². The predicted molar refractivity (Wildman–Crippen MR) is 92.6 cm³/mol.